The first-order chi connectivity index (χ1) is 11.2. The van der Waals surface area contributed by atoms with Gasteiger partial charge in [0.05, 0.1) is 10.9 Å². The van der Waals surface area contributed by atoms with Crippen LogP contribution in [-0.2, 0) is 9.53 Å². The van der Waals surface area contributed by atoms with Crippen LogP contribution in [0.5, 0.6) is 0 Å². The zero-order valence-electron chi connectivity index (χ0n) is 13.5. The number of aromatic nitrogens is 1. The zero-order chi connectivity index (χ0) is 16.5. The maximum atomic E-state index is 12.1. The van der Waals surface area contributed by atoms with Crippen LogP contribution in [0.1, 0.15) is 20.3 Å². The summed E-state index contributed by atoms with van der Waals surface area (Å²) in [5, 5.41) is 4.81. The first-order valence-electron chi connectivity index (χ1n) is 7.73. The Labute approximate surface area is 145 Å². The third kappa shape index (κ3) is 5.97. The second-order valence-electron chi connectivity index (χ2n) is 4.97. The molecule has 1 aromatic heterocycles. The number of thiazole rings is 1. The molecule has 0 saturated heterocycles. The van der Waals surface area contributed by atoms with E-state index in [1.54, 1.807) is 11.3 Å². The molecule has 0 spiro atoms. The Morgan fingerprint density at radius 3 is 2.91 bits per heavy atom. The largest absolute Gasteiger partial charge is 0.382 e. The number of ether oxygens (including phenoxy) is 1. The third-order valence-corrected chi connectivity index (χ3v) is 5.24. The third-order valence-electron chi connectivity index (χ3n) is 3.17. The molecule has 2 aromatic rings. The minimum Gasteiger partial charge on any atom is -0.382 e. The molecule has 0 aliphatic rings. The van der Waals surface area contributed by atoms with E-state index >= 15 is 0 Å². The van der Waals surface area contributed by atoms with Crippen molar-refractivity contribution in [2.24, 2.45) is 0 Å². The van der Waals surface area contributed by atoms with Gasteiger partial charge >= 0.3 is 0 Å². The molecule has 1 heterocycles. The highest BCUT2D eigenvalue weighted by molar-refractivity contribution is 8.02. The summed E-state index contributed by atoms with van der Waals surface area (Å²) < 4.78 is 6.17. The summed E-state index contributed by atoms with van der Waals surface area (Å²) >= 11 is 3.08. The van der Waals surface area contributed by atoms with Crippen molar-refractivity contribution in [2.75, 3.05) is 19.8 Å². The molecule has 2 rings (SSSR count). The van der Waals surface area contributed by atoms with E-state index in [0.29, 0.717) is 19.8 Å². The number of carbonyl (C=O) groups excluding carboxylic acids is 1. The van der Waals surface area contributed by atoms with Gasteiger partial charge in [0.15, 0.2) is 4.34 Å². The van der Waals surface area contributed by atoms with Gasteiger partial charge in [-0.15, -0.1) is 11.3 Å². The molecule has 1 amide bonds. The van der Waals surface area contributed by atoms with E-state index in [-0.39, 0.29) is 11.2 Å². The average Bonchev–Trinajstić information content (AvgIpc) is 3.03. The van der Waals surface area contributed by atoms with Crippen molar-refractivity contribution in [3.8, 4) is 11.3 Å². The molecule has 0 fully saturated rings. The molecule has 0 saturated carbocycles. The maximum Gasteiger partial charge on any atom is 0.233 e. The second-order valence-corrected chi connectivity index (χ2v) is 7.41. The van der Waals surface area contributed by atoms with Crippen LogP contribution in [0.25, 0.3) is 11.3 Å². The van der Waals surface area contributed by atoms with Gasteiger partial charge in [0.2, 0.25) is 5.91 Å². The second kappa shape index (κ2) is 9.70. The molecule has 1 unspecified atom stereocenters. The van der Waals surface area contributed by atoms with E-state index in [1.165, 1.54) is 11.8 Å². The molecular weight excluding hydrogens is 328 g/mol. The highest BCUT2D eigenvalue weighted by atomic mass is 32.2. The van der Waals surface area contributed by atoms with Crippen molar-refractivity contribution in [3.63, 3.8) is 0 Å². The standard InChI is InChI=1S/C17H22N2O2S2/c1-3-21-11-7-10-18-16(20)13(2)23-17-19-15(12-22-17)14-8-5-4-6-9-14/h4-6,8-9,12-13H,3,7,10-11H2,1-2H3,(H,18,20). The highest BCUT2D eigenvalue weighted by Gasteiger charge is 2.16. The molecule has 0 aliphatic carbocycles. The van der Waals surface area contributed by atoms with Crippen molar-refractivity contribution in [3.05, 3.63) is 35.7 Å². The van der Waals surface area contributed by atoms with Gasteiger partial charge in [0.25, 0.3) is 0 Å². The fraction of sp³-hybridized carbons (Fsp3) is 0.412. The van der Waals surface area contributed by atoms with Gasteiger partial charge in [-0.05, 0) is 20.3 Å². The quantitative estimate of drug-likeness (QED) is 0.551. The lowest BCUT2D eigenvalue weighted by Gasteiger charge is -2.10. The van der Waals surface area contributed by atoms with Crippen LogP contribution in [0.15, 0.2) is 40.1 Å². The molecule has 1 N–H and O–H groups in total. The Bertz CT molecular complexity index is 602. The Kier molecular flexibility index (Phi) is 7.58. The van der Waals surface area contributed by atoms with E-state index in [1.807, 2.05) is 49.6 Å². The summed E-state index contributed by atoms with van der Waals surface area (Å²) in [6.07, 6.45) is 0.840. The number of rotatable bonds is 9. The molecule has 1 atom stereocenters. The van der Waals surface area contributed by atoms with E-state index in [9.17, 15) is 4.79 Å². The molecule has 6 heteroatoms. The Morgan fingerprint density at radius 1 is 1.39 bits per heavy atom. The van der Waals surface area contributed by atoms with E-state index in [4.69, 9.17) is 4.74 Å². The normalized spacial score (nSPS) is 12.1. The highest BCUT2D eigenvalue weighted by Crippen LogP contribution is 2.30. The smallest absolute Gasteiger partial charge is 0.233 e. The Hall–Kier alpha value is -1.37. The van der Waals surface area contributed by atoms with Crippen LogP contribution in [-0.4, -0.2) is 35.9 Å². The Morgan fingerprint density at radius 2 is 2.17 bits per heavy atom. The van der Waals surface area contributed by atoms with Crippen LogP contribution >= 0.6 is 23.1 Å². The van der Waals surface area contributed by atoms with Crippen molar-refractivity contribution in [1.82, 2.24) is 10.3 Å². The van der Waals surface area contributed by atoms with Gasteiger partial charge in [-0.25, -0.2) is 4.98 Å². The molecular formula is C17H22N2O2S2. The van der Waals surface area contributed by atoms with Crippen LogP contribution in [0, 0.1) is 0 Å². The van der Waals surface area contributed by atoms with Gasteiger partial charge in [0.1, 0.15) is 0 Å². The van der Waals surface area contributed by atoms with Crippen LogP contribution in [0.2, 0.25) is 0 Å². The Balaban J connectivity index is 1.80. The number of hydrogen-bond donors (Lipinski definition) is 1. The van der Waals surface area contributed by atoms with Crippen molar-refractivity contribution in [2.45, 2.75) is 29.9 Å². The lowest BCUT2D eigenvalue weighted by Crippen LogP contribution is -2.32. The van der Waals surface area contributed by atoms with Gasteiger partial charge in [-0.3, -0.25) is 4.79 Å². The number of carbonyl (C=O) groups is 1. The molecule has 124 valence electrons. The van der Waals surface area contributed by atoms with Crippen LogP contribution < -0.4 is 5.32 Å². The summed E-state index contributed by atoms with van der Waals surface area (Å²) in [7, 11) is 0. The minimum atomic E-state index is -0.156. The molecule has 4 nitrogen and oxygen atoms in total. The SMILES string of the molecule is CCOCCCNC(=O)C(C)Sc1nc(-c2ccccc2)cs1. The summed E-state index contributed by atoms with van der Waals surface area (Å²) in [5.41, 5.74) is 2.06. The van der Waals surface area contributed by atoms with Gasteiger partial charge < -0.3 is 10.1 Å². The predicted octanol–water partition coefficient (Wildman–Crippen LogP) is 3.83. The minimum absolute atomic E-state index is 0.0444. The summed E-state index contributed by atoms with van der Waals surface area (Å²) in [5.74, 6) is 0.0444. The molecule has 0 bridgehead atoms. The number of nitrogens with zero attached hydrogens (tertiary/aromatic N) is 1. The maximum absolute atomic E-state index is 12.1. The zero-order valence-corrected chi connectivity index (χ0v) is 15.1. The summed E-state index contributed by atoms with van der Waals surface area (Å²) in [6.45, 7) is 5.93. The van der Waals surface area contributed by atoms with Crippen LogP contribution in [0.4, 0.5) is 0 Å². The number of benzene rings is 1. The topological polar surface area (TPSA) is 51.2 Å². The summed E-state index contributed by atoms with van der Waals surface area (Å²) in [4.78, 5) is 16.7. The summed E-state index contributed by atoms with van der Waals surface area (Å²) in [6, 6.07) is 10.1. The van der Waals surface area contributed by atoms with Gasteiger partial charge in [-0.1, -0.05) is 42.1 Å². The fourth-order valence-electron chi connectivity index (χ4n) is 1.93. The molecule has 0 aliphatic heterocycles. The predicted molar refractivity (Wildman–Crippen MR) is 97.0 cm³/mol. The number of nitrogens with one attached hydrogen (secondary N) is 1. The van der Waals surface area contributed by atoms with Crippen LogP contribution in [0.3, 0.4) is 0 Å². The molecule has 0 radical (unpaired) electrons. The van der Waals surface area contributed by atoms with Gasteiger partial charge in [0, 0.05) is 30.7 Å². The first kappa shape index (κ1) is 18.0. The van der Waals surface area contributed by atoms with E-state index < -0.39 is 0 Å². The van der Waals surface area contributed by atoms with Crippen molar-refractivity contribution >= 4 is 29.0 Å². The fourth-order valence-corrected chi connectivity index (χ4v) is 3.93. The van der Waals surface area contributed by atoms with Gasteiger partial charge in [-0.2, -0.15) is 0 Å². The van der Waals surface area contributed by atoms with E-state index in [0.717, 1.165) is 22.0 Å². The molecule has 1 aromatic carbocycles. The number of amides is 1. The number of hydrogen-bond acceptors (Lipinski definition) is 5. The first-order valence-corrected chi connectivity index (χ1v) is 9.49. The van der Waals surface area contributed by atoms with Crippen molar-refractivity contribution < 1.29 is 9.53 Å². The monoisotopic (exact) mass is 350 g/mol. The lowest BCUT2D eigenvalue weighted by atomic mass is 10.2. The lowest BCUT2D eigenvalue weighted by molar-refractivity contribution is -0.120. The number of thioether (sulfide) groups is 1. The molecule has 23 heavy (non-hydrogen) atoms. The van der Waals surface area contributed by atoms with E-state index in [2.05, 4.69) is 10.3 Å². The van der Waals surface area contributed by atoms with Crippen molar-refractivity contribution in [1.29, 1.82) is 0 Å². The average molecular weight is 351 g/mol.